The van der Waals surface area contributed by atoms with Crippen molar-refractivity contribution in [2.75, 3.05) is 43.0 Å². The Hall–Kier alpha value is -4.42. The maximum atomic E-state index is 15.0. The number of ether oxygens (including phenoxy) is 1. The van der Waals surface area contributed by atoms with E-state index in [2.05, 4.69) is 72.9 Å². The van der Waals surface area contributed by atoms with E-state index in [0.29, 0.717) is 55.5 Å². The Kier molecular flexibility index (Phi) is 8.57. The molecule has 0 radical (unpaired) electrons. The molecule has 9 rings (SSSR count). The number of nitrogens with zero attached hydrogens (tertiary/aromatic N) is 7. The summed E-state index contributed by atoms with van der Waals surface area (Å²) in [7, 11) is 0. The summed E-state index contributed by atoms with van der Waals surface area (Å²) in [5.41, 5.74) is 4.97. The molecule has 3 aromatic heterocycles. The molecule has 12 heteroatoms. The van der Waals surface area contributed by atoms with Gasteiger partial charge in [-0.15, -0.1) is 0 Å². The lowest BCUT2D eigenvalue weighted by Gasteiger charge is -2.46. The first-order chi connectivity index (χ1) is 25.9. The molecule has 2 amide bonds. The van der Waals surface area contributed by atoms with Gasteiger partial charge in [0.2, 0.25) is 5.91 Å². The van der Waals surface area contributed by atoms with Crippen molar-refractivity contribution < 1.29 is 18.7 Å². The lowest BCUT2D eigenvalue weighted by Crippen LogP contribution is -2.58. The molecule has 1 aromatic carbocycles. The topological polar surface area (TPSA) is 109 Å². The number of carbonyl (C=O) groups is 2. The normalized spacial score (nSPS) is 26.2. The Balaban J connectivity index is 1.07. The monoisotopic (exact) mass is 734 g/mol. The van der Waals surface area contributed by atoms with Crippen LogP contribution in [0.1, 0.15) is 84.7 Å². The molecule has 1 saturated carbocycles. The van der Waals surface area contributed by atoms with Crippen molar-refractivity contribution in [3.63, 3.8) is 0 Å². The maximum absolute atomic E-state index is 15.0. The molecule has 1 aliphatic carbocycles. The minimum Gasteiger partial charge on any atom is -0.368 e. The van der Waals surface area contributed by atoms with Crippen molar-refractivity contribution in [2.24, 2.45) is 11.3 Å². The second-order valence-electron chi connectivity index (χ2n) is 17.5. The van der Waals surface area contributed by atoms with Crippen LogP contribution in [0.5, 0.6) is 0 Å². The number of hydrogen-bond acceptors (Lipinski definition) is 8. The van der Waals surface area contributed by atoms with Gasteiger partial charge in [0.1, 0.15) is 11.6 Å². The van der Waals surface area contributed by atoms with Crippen LogP contribution in [0.15, 0.2) is 49.1 Å². The molecule has 5 aliphatic rings. The zero-order valence-corrected chi connectivity index (χ0v) is 32.0. The lowest BCUT2D eigenvalue weighted by atomic mass is 9.73. The number of rotatable bonds is 7. The van der Waals surface area contributed by atoms with Crippen LogP contribution in [0.2, 0.25) is 0 Å². The number of amides is 2. The van der Waals surface area contributed by atoms with Crippen LogP contribution < -0.4 is 10.2 Å². The summed E-state index contributed by atoms with van der Waals surface area (Å²) in [5.74, 6) is 0.444. The molecule has 2 atom stereocenters. The third kappa shape index (κ3) is 5.79. The van der Waals surface area contributed by atoms with Gasteiger partial charge in [0.15, 0.2) is 11.6 Å². The first-order valence-corrected chi connectivity index (χ1v) is 19.8. The fourth-order valence-corrected chi connectivity index (χ4v) is 9.72. The number of imidazole rings is 1. The van der Waals surface area contributed by atoms with Crippen LogP contribution in [0.25, 0.3) is 22.3 Å². The molecular formula is C42H51FN8O3. The van der Waals surface area contributed by atoms with Crippen molar-refractivity contribution in [1.29, 1.82) is 0 Å². The molecule has 1 N–H and O–H groups in total. The molecule has 7 heterocycles. The molecule has 0 unspecified atom stereocenters. The highest BCUT2D eigenvalue weighted by atomic mass is 19.1. The number of nitrogens with one attached hydrogen (secondary N) is 1. The quantitative estimate of drug-likeness (QED) is 0.220. The van der Waals surface area contributed by atoms with Crippen LogP contribution in [0.3, 0.4) is 0 Å². The predicted octanol–water partition coefficient (Wildman–Crippen LogP) is 6.85. The van der Waals surface area contributed by atoms with Gasteiger partial charge in [0.05, 0.1) is 34.8 Å². The third-order valence-corrected chi connectivity index (χ3v) is 13.1. The van der Waals surface area contributed by atoms with E-state index in [9.17, 15) is 14.0 Å². The van der Waals surface area contributed by atoms with Gasteiger partial charge in [-0.05, 0) is 94.0 Å². The van der Waals surface area contributed by atoms with E-state index < -0.39 is 17.3 Å². The minimum absolute atomic E-state index is 0.0560. The van der Waals surface area contributed by atoms with Gasteiger partial charge >= 0.3 is 0 Å². The lowest BCUT2D eigenvalue weighted by molar-refractivity contribution is -0.145. The number of piperidine rings is 1. The Morgan fingerprint density at radius 2 is 1.85 bits per heavy atom. The molecule has 4 aliphatic heterocycles. The molecule has 0 bridgehead atoms. The Bertz CT molecular complexity index is 2120. The van der Waals surface area contributed by atoms with Crippen LogP contribution in [-0.4, -0.2) is 92.1 Å². The van der Waals surface area contributed by atoms with Gasteiger partial charge in [-0.3, -0.25) is 19.5 Å². The standard InChI is InChI=1S/C42H51FN8O3/c1-25(2)50-24-45-34-21-33(47-38(36(34)50)46-32-8-13-44-22-31(32)43)27-6-7-30-35(18-27)51(29-19-28(20-29)49-14-10-41(4,5)23-49)40(53)42(30)11-15-48(16-12-42)39(52)37-26(3)9-17-54-37/h6-8,13,18,21-22,24-26,28-29,37H,9-12,14-17,19-20,23H2,1-5H3,(H,44,46,47)/t26-,28-,29+,37+/m1/s1. The number of benzene rings is 1. The number of likely N-dealkylation sites (tertiary alicyclic amines) is 2. The highest BCUT2D eigenvalue weighted by Crippen LogP contribution is 2.52. The Morgan fingerprint density at radius 3 is 2.54 bits per heavy atom. The van der Waals surface area contributed by atoms with Crippen molar-refractivity contribution in [1.82, 2.24) is 29.3 Å². The van der Waals surface area contributed by atoms with Gasteiger partial charge in [-0.1, -0.05) is 32.9 Å². The van der Waals surface area contributed by atoms with Crippen molar-refractivity contribution in [3.05, 3.63) is 60.4 Å². The fourth-order valence-electron chi connectivity index (χ4n) is 9.72. The third-order valence-electron chi connectivity index (χ3n) is 13.1. The first-order valence-electron chi connectivity index (χ1n) is 19.8. The summed E-state index contributed by atoms with van der Waals surface area (Å²) in [6, 6.07) is 10.6. The number of anilines is 3. The first kappa shape index (κ1) is 35.3. The molecule has 4 aromatic rings. The number of fused-ring (bicyclic) bond motifs is 3. The SMILES string of the molecule is CC(C)n1cnc2cc(-c3ccc4c(c3)N([C@H]3C[C@@H](N5CCC(C)(C)C5)C3)C(=O)C43CCN(C(=O)[C@H]4OCC[C@H]4C)CC3)nc(Nc3ccncc3F)c21. The average molecular weight is 735 g/mol. The van der Waals surface area contributed by atoms with Gasteiger partial charge in [0, 0.05) is 61.8 Å². The summed E-state index contributed by atoms with van der Waals surface area (Å²) in [5, 5.41) is 3.23. The zero-order chi connectivity index (χ0) is 37.5. The van der Waals surface area contributed by atoms with E-state index in [1.807, 2.05) is 15.5 Å². The van der Waals surface area contributed by atoms with E-state index >= 15 is 0 Å². The van der Waals surface area contributed by atoms with E-state index in [0.717, 1.165) is 60.2 Å². The van der Waals surface area contributed by atoms with Gasteiger partial charge < -0.3 is 24.4 Å². The number of carbonyl (C=O) groups excluding carboxylic acids is 2. The van der Waals surface area contributed by atoms with Crippen molar-refractivity contribution in [3.8, 4) is 11.3 Å². The van der Waals surface area contributed by atoms with Crippen LogP contribution in [-0.2, 0) is 19.7 Å². The maximum Gasteiger partial charge on any atom is 0.251 e. The molecule has 1 spiro atoms. The van der Waals surface area contributed by atoms with Crippen molar-refractivity contribution >= 4 is 40.0 Å². The van der Waals surface area contributed by atoms with Crippen LogP contribution in [0.4, 0.5) is 21.6 Å². The zero-order valence-electron chi connectivity index (χ0n) is 32.0. The van der Waals surface area contributed by atoms with Crippen LogP contribution >= 0.6 is 0 Å². The second-order valence-corrected chi connectivity index (χ2v) is 17.5. The summed E-state index contributed by atoms with van der Waals surface area (Å²) in [6.45, 7) is 14.8. The highest BCUT2D eigenvalue weighted by Gasteiger charge is 2.56. The van der Waals surface area contributed by atoms with Gasteiger partial charge in [-0.25, -0.2) is 14.4 Å². The summed E-state index contributed by atoms with van der Waals surface area (Å²) in [4.78, 5) is 48.9. The summed E-state index contributed by atoms with van der Waals surface area (Å²) in [6.07, 6.45) is 9.30. The smallest absolute Gasteiger partial charge is 0.251 e. The molecule has 11 nitrogen and oxygen atoms in total. The second kappa shape index (κ2) is 13.1. The Morgan fingerprint density at radius 1 is 1.06 bits per heavy atom. The predicted molar refractivity (Wildman–Crippen MR) is 206 cm³/mol. The highest BCUT2D eigenvalue weighted by molar-refractivity contribution is 6.09. The van der Waals surface area contributed by atoms with Crippen LogP contribution in [0, 0.1) is 17.2 Å². The summed E-state index contributed by atoms with van der Waals surface area (Å²) < 4.78 is 22.8. The largest absolute Gasteiger partial charge is 0.368 e. The van der Waals surface area contributed by atoms with Crippen molar-refractivity contribution in [2.45, 2.75) is 103 Å². The number of hydrogen-bond donors (Lipinski definition) is 1. The number of pyridine rings is 2. The van der Waals surface area contributed by atoms with E-state index in [-0.39, 0.29) is 35.5 Å². The van der Waals surface area contributed by atoms with E-state index in [1.165, 1.54) is 12.6 Å². The molecular weight excluding hydrogens is 684 g/mol. The summed E-state index contributed by atoms with van der Waals surface area (Å²) >= 11 is 0. The van der Waals surface area contributed by atoms with Gasteiger partial charge in [-0.2, -0.15) is 0 Å². The minimum atomic E-state index is -0.688. The van der Waals surface area contributed by atoms with E-state index in [4.69, 9.17) is 14.7 Å². The van der Waals surface area contributed by atoms with Gasteiger partial charge in [0.25, 0.3) is 5.91 Å². The fraction of sp³-hybridized carbons (Fsp3) is 0.548. The number of halogens is 1. The number of aromatic nitrogens is 4. The Labute approximate surface area is 316 Å². The average Bonchev–Trinajstić information content (AvgIpc) is 3.91. The molecule has 3 saturated heterocycles. The molecule has 4 fully saturated rings. The molecule has 54 heavy (non-hydrogen) atoms. The molecule has 284 valence electrons. The van der Waals surface area contributed by atoms with E-state index in [1.54, 1.807) is 18.6 Å².